The van der Waals surface area contributed by atoms with Crippen molar-refractivity contribution in [2.75, 3.05) is 13.1 Å². The molecule has 0 aromatic carbocycles. The topological polar surface area (TPSA) is 24.9 Å². The number of nitrogens with one attached hydrogen (secondary N) is 1. The number of hydrogen-bond acceptors (Lipinski definition) is 2. The van der Waals surface area contributed by atoms with Crippen molar-refractivity contribution >= 4 is 0 Å². The Labute approximate surface area is 99.5 Å². The molecule has 1 atom stereocenters. The van der Waals surface area contributed by atoms with E-state index in [1.54, 1.807) is 0 Å². The van der Waals surface area contributed by atoms with Gasteiger partial charge in [-0.2, -0.15) is 0 Å². The summed E-state index contributed by atoms with van der Waals surface area (Å²) in [4.78, 5) is 4.32. The van der Waals surface area contributed by atoms with Crippen molar-refractivity contribution in [2.24, 2.45) is 11.8 Å². The number of nitrogens with zero attached hydrogens (tertiary/aromatic N) is 1. The first-order valence-electron chi connectivity index (χ1n) is 6.20. The molecule has 0 spiro atoms. The zero-order chi connectivity index (χ0) is 12.0. The number of pyridine rings is 1. The van der Waals surface area contributed by atoms with E-state index in [1.165, 1.54) is 5.56 Å². The van der Waals surface area contributed by atoms with Gasteiger partial charge in [0.1, 0.15) is 0 Å². The lowest BCUT2D eigenvalue weighted by Gasteiger charge is -2.13. The maximum Gasteiger partial charge on any atom is 0.0372 e. The summed E-state index contributed by atoms with van der Waals surface area (Å²) in [5, 5.41) is 3.50. The number of aromatic nitrogens is 1. The van der Waals surface area contributed by atoms with Gasteiger partial charge in [-0.3, -0.25) is 4.98 Å². The average molecular weight is 220 g/mol. The van der Waals surface area contributed by atoms with Gasteiger partial charge in [0.15, 0.2) is 0 Å². The highest BCUT2D eigenvalue weighted by Crippen LogP contribution is 2.07. The Balaban J connectivity index is 2.28. The van der Waals surface area contributed by atoms with Gasteiger partial charge in [0.25, 0.3) is 0 Å². The second-order valence-electron chi connectivity index (χ2n) is 5.17. The van der Waals surface area contributed by atoms with E-state index in [4.69, 9.17) is 0 Å². The van der Waals surface area contributed by atoms with E-state index >= 15 is 0 Å². The molecule has 16 heavy (non-hydrogen) atoms. The van der Waals surface area contributed by atoms with Crippen LogP contribution in [0.5, 0.6) is 0 Å². The van der Waals surface area contributed by atoms with E-state index in [1.807, 2.05) is 13.1 Å². The van der Waals surface area contributed by atoms with Crippen LogP contribution in [0.25, 0.3) is 0 Å². The SMILES string of the molecule is Cc1ccc(CC(C)CNCC(C)C)cn1. The number of hydrogen-bond donors (Lipinski definition) is 1. The molecule has 0 saturated carbocycles. The van der Waals surface area contributed by atoms with E-state index in [2.05, 4.69) is 43.2 Å². The van der Waals surface area contributed by atoms with Crippen molar-refractivity contribution in [1.29, 1.82) is 0 Å². The van der Waals surface area contributed by atoms with E-state index in [9.17, 15) is 0 Å². The third-order valence-corrected chi connectivity index (χ3v) is 2.60. The molecule has 0 aliphatic heterocycles. The molecular formula is C14H24N2. The van der Waals surface area contributed by atoms with E-state index in [0.717, 1.165) is 31.1 Å². The van der Waals surface area contributed by atoms with Crippen LogP contribution in [0.1, 0.15) is 32.0 Å². The standard InChI is InChI=1S/C14H24N2/c1-11(2)8-15-9-12(3)7-14-6-5-13(4)16-10-14/h5-6,10-12,15H,7-9H2,1-4H3. The summed E-state index contributed by atoms with van der Waals surface area (Å²) in [5.74, 6) is 1.40. The lowest BCUT2D eigenvalue weighted by atomic mass is 10.0. The van der Waals surface area contributed by atoms with Gasteiger partial charge in [0.2, 0.25) is 0 Å². The molecule has 0 aliphatic carbocycles. The number of aryl methyl sites for hydroxylation is 1. The highest BCUT2D eigenvalue weighted by molar-refractivity contribution is 5.13. The Bertz CT molecular complexity index is 290. The molecule has 0 aliphatic rings. The van der Waals surface area contributed by atoms with Gasteiger partial charge in [-0.25, -0.2) is 0 Å². The molecule has 1 rings (SSSR count). The van der Waals surface area contributed by atoms with Crippen LogP contribution < -0.4 is 5.32 Å². The minimum Gasteiger partial charge on any atom is -0.316 e. The van der Waals surface area contributed by atoms with Crippen LogP contribution in [0, 0.1) is 18.8 Å². The summed E-state index contributed by atoms with van der Waals surface area (Å²) in [6.07, 6.45) is 3.10. The average Bonchev–Trinajstić information content (AvgIpc) is 2.21. The molecule has 1 unspecified atom stereocenters. The quantitative estimate of drug-likeness (QED) is 0.797. The molecule has 0 fully saturated rings. The third kappa shape index (κ3) is 5.26. The second kappa shape index (κ2) is 6.64. The molecular weight excluding hydrogens is 196 g/mol. The van der Waals surface area contributed by atoms with Gasteiger partial charge in [0.05, 0.1) is 0 Å². The molecule has 0 radical (unpaired) electrons. The van der Waals surface area contributed by atoms with Crippen molar-refractivity contribution in [1.82, 2.24) is 10.3 Å². The van der Waals surface area contributed by atoms with Crippen LogP contribution in [0.15, 0.2) is 18.3 Å². The number of rotatable bonds is 6. The molecule has 1 aromatic heterocycles. The molecule has 1 N–H and O–H groups in total. The first kappa shape index (κ1) is 13.2. The Hall–Kier alpha value is -0.890. The summed E-state index contributed by atoms with van der Waals surface area (Å²) >= 11 is 0. The van der Waals surface area contributed by atoms with Crippen molar-refractivity contribution in [3.05, 3.63) is 29.6 Å². The minimum atomic E-state index is 0.670. The van der Waals surface area contributed by atoms with Gasteiger partial charge in [-0.1, -0.05) is 26.8 Å². The third-order valence-electron chi connectivity index (χ3n) is 2.60. The lowest BCUT2D eigenvalue weighted by Crippen LogP contribution is -2.26. The van der Waals surface area contributed by atoms with Crippen LogP contribution in [-0.2, 0) is 6.42 Å². The molecule has 2 nitrogen and oxygen atoms in total. The fourth-order valence-corrected chi connectivity index (χ4v) is 1.71. The molecule has 1 heterocycles. The molecule has 0 bridgehead atoms. The Morgan fingerprint density at radius 1 is 1.19 bits per heavy atom. The summed E-state index contributed by atoms with van der Waals surface area (Å²) in [5.41, 5.74) is 2.43. The highest BCUT2D eigenvalue weighted by Gasteiger charge is 2.04. The Morgan fingerprint density at radius 2 is 1.94 bits per heavy atom. The fraction of sp³-hybridized carbons (Fsp3) is 0.643. The van der Waals surface area contributed by atoms with Gasteiger partial charge < -0.3 is 5.32 Å². The maximum atomic E-state index is 4.32. The molecule has 90 valence electrons. The van der Waals surface area contributed by atoms with Crippen LogP contribution in [0.3, 0.4) is 0 Å². The van der Waals surface area contributed by atoms with Crippen molar-refractivity contribution in [3.8, 4) is 0 Å². The minimum absolute atomic E-state index is 0.670. The largest absolute Gasteiger partial charge is 0.316 e. The molecule has 1 aromatic rings. The maximum absolute atomic E-state index is 4.32. The first-order valence-corrected chi connectivity index (χ1v) is 6.20. The Kier molecular flexibility index (Phi) is 5.47. The predicted octanol–water partition coefficient (Wildman–Crippen LogP) is 2.81. The van der Waals surface area contributed by atoms with E-state index in [-0.39, 0.29) is 0 Å². The zero-order valence-electron chi connectivity index (χ0n) is 11.0. The smallest absolute Gasteiger partial charge is 0.0372 e. The van der Waals surface area contributed by atoms with Gasteiger partial charge in [-0.05, 0) is 49.9 Å². The van der Waals surface area contributed by atoms with Crippen LogP contribution in [-0.4, -0.2) is 18.1 Å². The summed E-state index contributed by atoms with van der Waals surface area (Å²) in [6.45, 7) is 11.0. The molecule has 0 amide bonds. The second-order valence-corrected chi connectivity index (χ2v) is 5.17. The van der Waals surface area contributed by atoms with E-state index in [0.29, 0.717) is 5.92 Å². The molecule has 0 saturated heterocycles. The first-order chi connectivity index (χ1) is 7.58. The summed E-state index contributed by atoms with van der Waals surface area (Å²) < 4.78 is 0. The summed E-state index contributed by atoms with van der Waals surface area (Å²) in [6, 6.07) is 4.27. The monoisotopic (exact) mass is 220 g/mol. The predicted molar refractivity (Wildman–Crippen MR) is 69.5 cm³/mol. The zero-order valence-corrected chi connectivity index (χ0v) is 11.0. The molecule has 2 heteroatoms. The fourth-order valence-electron chi connectivity index (χ4n) is 1.71. The normalized spacial score (nSPS) is 13.1. The van der Waals surface area contributed by atoms with Crippen LogP contribution in [0.4, 0.5) is 0 Å². The van der Waals surface area contributed by atoms with Crippen LogP contribution >= 0.6 is 0 Å². The van der Waals surface area contributed by atoms with Gasteiger partial charge >= 0.3 is 0 Å². The van der Waals surface area contributed by atoms with Crippen molar-refractivity contribution in [3.63, 3.8) is 0 Å². The highest BCUT2D eigenvalue weighted by atomic mass is 14.9. The Morgan fingerprint density at radius 3 is 2.50 bits per heavy atom. The van der Waals surface area contributed by atoms with Crippen molar-refractivity contribution < 1.29 is 0 Å². The van der Waals surface area contributed by atoms with Gasteiger partial charge in [0, 0.05) is 11.9 Å². The van der Waals surface area contributed by atoms with Crippen LogP contribution in [0.2, 0.25) is 0 Å². The van der Waals surface area contributed by atoms with Gasteiger partial charge in [-0.15, -0.1) is 0 Å². The van der Waals surface area contributed by atoms with E-state index < -0.39 is 0 Å². The lowest BCUT2D eigenvalue weighted by molar-refractivity contribution is 0.473. The van der Waals surface area contributed by atoms with Crippen molar-refractivity contribution in [2.45, 2.75) is 34.1 Å². The summed E-state index contributed by atoms with van der Waals surface area (Å²) in [7, 11) is 0.